The fourth-order valence-corrected chi connectivity index (χ4v) is 4.02. The van der Waals surface area contributed by atoms with Crippen molar-refractivity contribution in [2.75, 3.05) is 7.05 Å². The second-order valence-corrected chi connectivity index (χ2v) is 6.95. The number of oxime groups is 1. The van der Waals surface area contributed by atoms with Gasteiger partial charge in [-0.15, -0.1) is 11.3 Å². The summed E-state index contributed by atoms with van der Waals surface area (Å²) in [5.41, 5.74) is 11.1. The number of allylic oxidation sites excluding steroid dienone is 2. The Balaban J connectivity index is 2.83. The fourth-order valence-electron chi connectivity index (χ4n) is 2.67. The van der Waals surface area contributed by atoms with Gasteiger partial charge in [0.25, 0.3) is 0 Å². The van der Waals surface area contributed by atoms with E-state index in [2.05, 4.69) is 31.8 Å². The van der Waals surface area contributed by atoms with Gasteiger partial charge in [-0.2, -0.15) is 0 Å². The van der Waals surface area contributed by atoms with E-state index in [1.165, 1.54) is 0 Å². The van der Waals surface area contributed by atoms with E-state index in [4.69, 9.17) is 5.73 Å². The lowest BCUT2D eigenvalue weighted by Gasteiger charge is -2.19. The second-order valence-electron chi connectivity index (χ2n) is 5.40. The van der Waals surface area contributed by atoms with Crippen molar-refractivity contribution in [3.8, 4) is 5.75 Å². The van der Waals surface area contributed by atoms with E-state index in [1.807, 2.05) is 26.0 Å². The van der Waals surface area contributed by atoms with E-state index in [9.17, 15) is 10.3 Å². The minimum Gasteiger partial charge on any atom is -0.508 e. The number of nitrogens with zero attached hydrogens (tertiary/aromatic N) is 1. The van der Waals surface area contributed by atoms with Gasteiger partial charge in [0.15, 0.2) is 5.84 Å². The van der Waals surface area contributed by atoms with Crippen LogP contribution in [0.4, 0.5) is 0 Å². The summed E-state index contributed by atoms with van der Waals surface area (Å²) in [7, 11) is 1.73. The maximum absolute atomic E-state index is 9.58. The normalized spacial score (nSPS) is 13.6. The average molecular weight is 422 g/mol. The van der Waals surface area contributed by atoms with E-state index in [0.29, 0.717) is 5.70 Å². The van der Waals surface area contributed by atoms with Crippen molar-refractivity contribution in [2.45, 2.75) is 13.8 Å². The molecule has 0 unspecified atom stereocenters. The number of aromatic hydroxyl groups is 1. The average Bonchev–Trinajstić information content (AvgIpc) is 2.94. The predicted octanol–water partition coefficient (Wildman–Crippen LogP) is 4.18. The Morgan fingerprint density at radius 3 is 2.36 bits per heavy atom. The van der Waals surface area contributed by atoms with Gasteiger partial charge < -0.3 is 21.4 Å². The molecule has 1 aromatic carbocycles. The van der Waals surface area contributed by atoms with Gasteiger partial charge in [-0.1, -0.05) is 33.2 Å². The molecule has 0 saturated heterocycles. The number of likely N-dealkylation sites (N-methyl/N-ethyl adjacent to an activating group) is 1. The number of aryl methyl sites for hydroxylation is 2. The Hall–Kier alpha value is -2.25. The number of phenolic OH excluding ortho intramolecular Hbond substituents is 1. The molecular formula is C18H20BrN3O2S. The molecule has 2 rings (SSSR count). The van der Waals surface area contributed by atoms with E-state index in [-0.39, 0.29) is 11.6 Å². The Bertz CT molecular complexity index is 832. The second kappa shape index (κ2) is 8.22. The third-order valence-electron chi connectivity index (χ3n) is 3.83. The highest BCUT2D eigenvalue weighted by Crippen LogP contribution is 2.39. The Labute approximate surface area is 159 Å². The van der Waals surface area contributed by atoms with Gasteiger partial charge in [0.1, 0.15) is 5.75 Å². The molecule has 1 heterocycles. The number of hydrogen-bond acceptors (Lipinski definition) is 5. The lowest BCUT2D eigenvalue weighted by atomic mass is 9.90. The van der Waals surface area contributed by atoms with Crippen LogP contribution in [-0.4, -0.2) is 23.2 Å². The van der Waals surface area contributed by atoms with Crippen molar-refractivity contribution in [3.63, 3.8) is 0 Å². The summed E-state index contributed by atoms with van der Waals surface area (Å²) in [6, 6.07) is 6.89. The number of benzene rings is 1. The zero-order valence-corrected chi connectivity index (χ0v) is 16.6. The third-order valence-corrected chi connectivity index (χ3v) is 5.32. The van der Waals surface area contributed by atoms with Gasteiger partial charge in [0, 0.05) is 23.1 Å². The number of nitrogens with one attached hydrogen (secondary N) is 1. The van der Waals surface area contributed by atoms with Gasteiger partial charge in [0.05, 0.1) is 5.70 Å². The smallest absolute Gasteiger partial charge is 0.186 e. The molecule has 0 atom stereocenters. The first-order chi connectivity index (χ1) is 11.9. The van der Waals surface area contributed by atoms with Crippen LogP contribution in [-0.2, 0) is 0 Å². The molecule has 0 aliphatic rings. The van der Waals surface area contributed by atoms with Crippen LogP contribution in [0.1, 0.15) is 21.6 Å². The topological polar surface area (TPSA) is 90.9 Å². The van der Waals surface area contributed by atoms with Crippen LogP contribution in [0.5, 0.6) is 5.75 Å². The van der Waals surface area contributed by atoms with E-state index >= 15 is 0 Å². The SMILES string of the molecule is CNC(/C(N)=N/O)=C(\C(=C\Br)c1ccc(O)cc1)c1c(C)csc1C. The first kappa shape index (κ1) is 19.1. The van der Waals surface area contributed by atoms with Gasteiger partial charge in [-0.3, -0.25) is 0 Å². The zero-order valence-electron chi connectivity index (χ0n) is 14.2. The van der Waals surface area contributed by atoms with Crippen molar-refractivity contribution in [2.24, 2.45) is 10.9 Å². The molecule has 5 N–H and O–H groups in total. The highest BCUT2D eigenvalue weighted by atomic mass is 79.9. The number of rotatable bonds is 5. The van der Waals surface area contributed by atoms with Gasteiger partial charge in [-0.05, 0) is 53.0 Å². The number of halogens is 1. The van der Waals surface area contributed by atoms with Crippen molar-refractivity contribution in [3.05, 3.63) is 61.9 Å². The summed E-state index contributed by atoms with van der Waals surface area (Å²) in [6.07, 6.45) is 0. The molecule has 2 aromatic rings. The fraction of sp³-hybridized carbons (Fsp3) is 0.167. The summed E-state index contributed by atoms with van der Waals surface area (Å²) in [6.45, 7) is 4.07. The maximum Gasteiger partial charge on any atom is 0.186 e. The lowest BCUT2D eigenvalue weighted by Crippen LogP contribution is -2.26. The minimum atomic E-state index is -0.00636. The van der Waals surface area contributed by atoms with Crippen molar-refractivity contribution in [1.82, 2.24) is 5.32 Å². The standard InChI is InChI=1S/C18H20BrN3O2S/c1-10-9-25-11(2)15(10)16(17(21-3)18(20)22-24)14(8-19)12-4-6-13(23)7-5-12/h4-9,21,23-24H,1-3H3,(H2,20,22)/b14-8+,17-16+. The molecule has 5 nitrogen and oxygen atoms in total. The van der Waals surface area contributed by atoms with Crippen LogP contribution in [0.2, 0.25) is 0 Å². The molecule has 0 fully saturated rings. The van der Waals surface area contributed by atoms with E-state index < -0.39 is 0 Å². The molecule has 25 heavy (non-hydrogen) atoms. The van der Waals surface area contributed by atoms with Crippen molar-refractivity contribution in [1.29, 1.82) is 0 Å². The molecule has 1 aromatic heterocycles. The quantitative estimate of drug-likeness (QED) is 0.191. The lowest BCUT2D eigenvalue weighted by molar-refractivity contribution is 0.318. The first-order valence-corrected chi connectivity index (χ1v) is 9.29. The number of nitrogens with two attached hydrogens (primary N) is 1. The molecule has 0 spiro atoms. The highest BCUT2D eigenvalue weighted by molar-refractivity contribution is 9.11. The molecule has 0 amide bonds. The number of amidine groups is 1. The van der Waals surface area contributed by atoms with Gasteiger partial charge >= 0.3 is 0 Å². The van der Waals surface area contributed by atoms with Crippen LogP contribution in [0.25, 0.3) is 11.1 Å². The van der Waals surface area contributed by atoms with Gasteiger partial charge in [0.2, 0.25) is 0 Å². The van der Waals surface area contributed by atoms with Crippen molar-refractivity contribution < 1.29 is 10.3 Å². The summed E-state index contributed by atoms with van der Waals surface area (Å²) < 4.78 is 0. The van der Waals surface area contributed by atoms with Crippen LogP contribution < -0.4 is 11.1 Å². The molecule has 0 bridgehead atoms. The molecule has 0 radical (unpaired) electrons. The highest BCUT2D eigenvalue weighted by Gasteiger charge is 2.22. The van der Waals surface area contributed by atoms with Crippen LogP contribution in [0.15, 0.2) is 45.5 Å². The summed E-state index contributed by atoms with van der Waals surface area (Å²) in [5, 5.41) is 27.1. The summed E-state index contributed by atoms with van der Waals surface area (Å²) in [4.78, 5) is 2.92. The van der Waals surface area contributed by atoms with E-state index in [1.54, 1.807) is 35.5 Å². The number of hydrogen-bond donors (Lipinski definition) is 4. The first-order valence-electron chi connectivity index (χ1n) is 7.49. The summed E-state index contributed by atoms with van der Waals surface area (Å²) in [5.74, 6) is 0.185. The maximum atomic E-state index is 9.58. The molecule has 0 saturated carbocycles. The molecule has 0 aliphatic carbocycles. The molecule has 0 aliphatic heterocycles. The zero-order chi connectivity index (χ0) is 18.6. The number of thiophene rings is 1. The predicted molar refractivity (Wildman–Crippen MR) is 108 cm³/mol. The minimum absolute atomic E-state index is 0.00636. The van der Waals surface area contributed by atoms with Gasteiger partial charge in [-0.25, -0.2) is 0 Å². The molecular weight excluding hydrogens is 402 g/mol. The monoisotopic (exact) mass is 421 g/mol. The summed E-state index contributed by atoms with van der Waals surface area (Å²) >= 11 is 5.09. The Morgan fingerprint density at radius 1 is 1.28 bits per heavy atom. The molecule has 7 heteroatoms. The Morgan fingerprint density at radius 2 is 1.92 bits per heavy atom. The largest absolute Gasteiger partial charge is 0.508 e. The number of phenols is 1. The third kappa shape index (κ3) is 3.88. The van der Waals surface area contributed by atoms with E-state index in [0.717, 1.165) is 32.7 Å². The van der Waals surface area contributed by atoms with Crippen LogP contribution in [0, 0.1) is 13.8 Å². The van der Waals surface area contributed by atoms with Crippen LogP contribution >= 0.6 is 27.3 Å². The Kier molecular flexibility index (Phi) is 6.27. The van der Waals surface area contributed by atoms with Crippen LogP contribution in [0.3, 0.4) is 0 Å². The van der Waals surface area contributed by atoms with Crippen molar-refractivity contribution >= 4 is 44.2 Å². The molecule has 132 valence electrons.